The maximum absolute atomic E-state index is 12.7. The van der Waals surface area contributed by atoms with Crippen molar-refractivity contribution in [2.24, 2.45) is 0 Å². The highest BCUT2D eigenvalue weighted by atomic mass is 79.9. The molecule has 1 aliphatic rings. The fourth-order valence-electron chi connectivity index (χ4n) is 2.67. The van der Waals surface area contributed by atoms with E-state index in [1.807, 2.05) is 11.8 Å². The highest BCUT2D eigenvalue weighted by Crippen LogP contribution is 2.36. The van der Waals surface area contributed by atoms with E-state index >= 15 is 0 Å². The van der Waals surface area contributed by atoms with E-state index in [9.17, 15) is 4.79 Å². The number of halogens is 1. The highest BCUT2D eigenvalue weighted by molar-refractivity contribution is 9.10. The predicted octanol–water partition coefficient (Wildman–Crippen LogP) is 3.11. The lowest BCUT2D eigenvalue weighted by Crippen LogP contribution is -2.43. The molecular formula is C16H22BrNO4. The second kappa shape index (κ2) is 7.83. The van der Waals surface area contributed by atoms with Crippen LogP contribution in [0.4, 0.5) is 0 Å². The normalized spacial score (nSPS) is 18.2. The topological polar surface area (TPSA) is 48.0 Å². The van der Waals surface area contributed by atoms with Crippen LogP contribution in [0.3, 0.4) is 0 Å². The first-order chi connectivity index (χ1) is 10.6. The third-order valence-electron chi connectivity index (χ3n) is 3.76. The molecule has 0 spiro atoms. The Bertz CT molecular complexity index is 508. The van der Waals surface area contributed by atoms with Crippen molar-refractivity contribution in [2.45, 2.75) is 25.9 Å². The molecule has 0 bridgehead atoms. The van der Waals surface area contributed by atoms with Crippen LogP contribution >= 0.6 is 15.9 Å². The van der Waals surface area contributed by atoms with E-state index in [1.165, 1.54) is 0 Å². The SMILES string of the molecule is CCOC1CCCN(C(=O)c2cc(OC)c(Br)c(OC)c2)C1. The van der Waals surface area contributed by atoms with Crippen molar-refractivity contribution < 1.29 is 19.0 Å². The van der Waals surface area contributed by atoms with Crippen LogP contribution in [-0.4, -0.2) is 50.8 Å². The summed E-state index contributed by atoms with van der Waals surface area (Å²) in [7, 11) is 3.14. The molecule has 122 valence electrons. The van der Waals surface area contributed by atoms with Crippen LogP contribution in [0.5, 0.6) is 11.5 Å². The summed E-state index contributed by atoms with van der Waals surface area (Å²) >= 11 is 3.42. The molecule has 1 fully saturated rings. The van der Waals surface area contributed by atoms with Crippen molar-refractivity contribution in [2.75, 3.05) is 33.9 Å². The minimum absolute atomic E-state index is 0.0199. The summed E-state index contributed by atoms with van der Waals surface area (Å²) in [6.07, 6.45) is 2.09. The number of hydrogen-bond donors (Lipinski definition) is 0. The minimum atomic E-state index is -0.0199. The lowest BCUT2D eigenvalue weighted by molar-refractivity contribution is 0.00722. The lowest BCUT2D eigenvalue weighted by Gasteiger charge is -2.32. The van der Waals surface area contributed by atoms with Gasteiger partial charge in [0.15, 0.2) is 0 Å². The van der Waals surface area contributed by atoms with Gasteiger partial charge in [-0.2, -0.15) is 0 Å². The summed E-state index contributed by atoms with van der Waals surface area (Å²) in [6, 6.07) is 3.47. The molecular weight excluding hydrogens is 350 g/mol. The smallest absolute Gasteiger partial charge is 0.254 e. The van der Waals surface area contributed by atoms with Crippen molar-refractivity contribution in [1.82, 2.24) is 4.90 Å². The van der Waals surface area contributed by atoms with E-state index in [-0.39, 0.29) is 12.0 Å². The predicted molar refractivity (Wildman–Crippen MR) is 87.8 cm³/mol. The number of hydrogen-bond acceptors (Lipinski definition) is 4. The van der Waals surface area contributed by atoms with Crippen molar-refractivity contribution in [1.29, 1.82) is 0 Å². The van der Waals surface area contributed by atoms with E-state index in [1.54, 1.807) is 26.4 Å². The van der Waals surface area contributed by atoms with Gasteiger partial charge >= 0.3 is 0 Å². The van der Waals surface area contributed by atoms with Crippen LogP contribution in [0.15, 0.2) is 16.6 Å². The number of carbonyl (C=O) groups is 1. The maximum Gasteiger partial charge on any atom is 0.254 e. The van der Waals surface area contributed by atoms with Crippen molar-refractivity contribution in [3.05, 3.63) is 22.2 Å². The Morgan fingerprint density at radius 1 is 1.32 bits per heavy atom. The summed E-state index contributed by atoms with van der Waals surface area (Å²) in [5, 5.41) is 0. The monoisotopic (exact) mass is 371 g/mol. The first-order valence-corrected chi connectivity index (χ1v) is 8.22. The minimum Gasteiger partial charge on any atom is -0.495 e. The van der Waals surface area contributed by atoms with Crippen LogP contribution in [0, 0.1) is 0 Å². The summed E-state index contributed by atoms with van der Waals surface area (Å²) in [5.74, 6) is 1.15. The fourth-order valence-corrected chi connectivity index (χ4v) is 3.22. The molecule has 5 nitrogen and oxygen atoms in total. The van der Waals surface area contributed by atoms with Crippen LogP contribution in [0.1, 0.15) is 30.1 Å². The number of nitrogens with zero attached hydrogens (tertiary/aromatic N) is 1. The van der Waals surface area contributed by atoms with Crippen molar-refractivity contribution in [3.8, 4) is 11.5 Å². The third-order valence-corrected chi connectivity index (χ3v) is 4.54. The standard InChI is InChI=1S/C16H22BrNO4/c1-4-22-12-6-5-7-18(10-12)16(19)11-8-13(20-2)15(17)14(9-11)21-3/h8-9,12H,4-7,10H2,1-3H3. The molecule has 1 unspecified atom stereocenters. The summed E-state index contributed by atoms with van der Waals surface area (Å²) in [5.41, 5.74) is 0.564. The second-order valence-corrected chi connectivity index (χ2v) is 5.96. The van der Waals surface area contributed by atoms with E-state index < -0.39 is 0 Å². The summed E-state index contributed by atoms with van der Waals surface area (Å²) in [6.45, 7) is 4.04. The molecule has 1 heterocycles. The number of likely N-dealkylation sites (tertiary alicyclic amines) is 1. The molecule has 1 aromatic rings. The zero-order valence-corrected chi connectivity index (χ0v) is 14.8. The Kier molecular flexibility index (Phi) is 6.08. The van der Waals surface area contributed by atoms with Gasteiger partial charge in [-0.3, -0.25) is 4.79 Å². The average Bonchev–Trinajstić information content (AvgIpc) is 2.55. The van der Waals surface area contributed by atoms with Crippen LogP contribution in [-0.2, 0) is 4.74 Å². The second-order valence-electron chi connectivity index (χ2n) is 5.17. The molecule has 0 radical (unpaired) electrons. The first-order valence-electron chi connectivity index (χ1n) is 7.43. The Morgan fingerprint density at radius 2 is 1.95 bits per heavy atom. The van der Waals surface area contributed by atoms with Gasteiger partial charge in [0.25, 0.3) is 5.91 Å². The van der Waals surface area contributed by atoms with Gasteiger partial charge < -0.3 is 19.1 Å². The van der Waals surface area contributed by atoms with Gasteiger partial charge in [-0.15, -0.1) is 0 Å². The van der Waals surface area contributed by atoms with Gasteiger partial charge in [-0.05, 0) is 47.8 Å². The van der Waals surface area contributed by atoms with Crippen LogP contribution in [0.25, 0.3) is 0 Å². The number of piperidine rings is 1. The quantitative estimate of drug-likeness (QED) is 0.797. The largest absolute Gasteiger partial charge is 0.495 e. The Labute approximate surface area is 139 Å². The van der Waals surface area contributed by atoms with Gasteiger partial charge in [-0.25, -0.2) is 0 Å². The van der Waals surface area contributed by atoms with Gasteiger partial charge in [0.1, 0.15) is 16.0 Å². The Balaban J connectivity index is 2.21. The van der Waals surface area contributed by atoms with Crippen LogP contribution in [0.2, 0.25) is 0 Å². The van der Waals surface area contributed by atoms with Gasteiger partial charge in [0.05, 0.1) is 20.3 Å². The highest BCUT2D eigenvalue weighted by Gasteiger charge is 2.26. The molecule has 1 saturated heterocycles. The average molecular weight is 372 g/mol. The van der Waals surface area contributed by atoms with E-state index in [2.05, 4.69) is 15.9 Å². The zero-order chi connectivity index (χ0) is 16.1. The number of carbonyl (C=O) groups excluding carboxylic acids is 1. The molecule has 0 saturated carbocycles. The zero-order valence-electron chi connectivity index (χ0n) is 13.2. The number of benzene rings is 1. The van der Waals surface area contributed by atoms with E-state index in [0.29, 0.717) is 34.7 Å². The molecule has 1 aliphatic heterocycles. The number of methoxy groups -OCH3 is 2. The Hall–Kier alpha value is -1.27. The molecule has 1 atom stereocenters. The third kappa shape index (κ3) is 3.73. The van der Waals surface area contributed by atoms with E-state index in [0.717, 1.165) is 19.4 Å². The number of ether oxygens (including phenoxy) is 3. The molecule has 22 heavy (non-hydrogen) atoms. The van der Waals surface area contributed by atoms with Crippen molar-refractivity contribution >= 4 is 21.8 Å². The van der Waals surface area contributed by atoms with E-state index in [4.69, 9.17) is 14.2 Å². The summed E-state index contributed by atoms with van der Waals surface area (Å²) < 4.78 is 17.0. The maximum atomic E-state index is 12.7. The molecule has 0 N–H and O–H groups in total. The number of amides is 1. The number of rotatable bonds is 5. The molecule has 0 aromatic heterocycles. The van der Waals surface area contributed by atoms with Crippen LogP contribution < -0.4 is 9.47 Å². The Morgan fingerprint density at radius 3 is 2.50 bits per heavy atom. The summed E-state index contributed by atoms with van der Waals surface area (Å²) in [4.78, 5) is 14.6. The fraction of sp³-hybridized carbons (Fsp3) is 0.562. The van der Waals surface area contributed by atoms with Crippen molar-refractivity contribution in [3.63, 3.8) is 0 Å². The molecule has 6 heteroatoms. The molecule has 1 amide bonds. The van der Waals surface area contributed by atoms with Gasteiger partial charge in [0, 0.05) is 25.3 Å². The van der Waals surface area contributed by atoms with Gasteiger partial charge in [0.2, 0.25) is 0 Å². The first kappa shape index (κ1) is 17.1. The van der Waals surface area contributed by atoms with Gasteiger partial charge in [-0.1, -0.05) is 0 Å². The lowest BCUT2D eigenvalue weighted by atomic mass is 10.1. The molecule has 1 aromatic carbocycles. The molecule has 0 aliphatic carbocycles. The molecule has 2 rings (SSSR count).